The third-order valence-corrected chi connectivity index (χ3v) is 7.00. The molecule has 1 atom stereocenters. The molecule has 2 N–H and O–H groups in total. The predicted molar refractivity (Wildman–Crippen MR) is 135 cm³/mol. The average Bonchev–Trinajstić information content (AvgIpc) is 3.22. The monoisotopic (exact) mass is 478 g/mol. The van der Waals surface area contributed by atoms with Crippen molar-refractivity contribution in [2.75, 3.05) is 10.6 Å². The Balaban J connectivity index is 1.52. The van der Waals surface area contributed by atoms with Crippen LogP contribution in [0.25, 0.3) is 21.3 Å². The minimum atomic E-state index is -0.482. The van der Waals surface area contributed by atoms with Crippen molar-refractivity contribution in [3.05, 3.63) is 70.3 Å². The van der Waals surface area contributed by atoms with E-state index >= 15 is 0 Å². The third-order valence-electron chi connectivity index (χ3n) is 4.98. The van der Waals surface area contributed by atoms with Crippen LogP contribution in [0.1, 0.15) is 13.8 Å². The van der Waals surface area contributed by atoms with Crippen LogP contribution in [0.4, 0.5) is 11.4 Å². The molecular weight excluding hydrogens is 456 g/mol. The first kappa shape index (κ1) is 22.8. The molecule has 2 aromatic carbocycles. The summed E-state index contributed by atoms with van der Waals surface area (Å²) >= 11 is 2.65. The van der Waals surface area contributed by atoms with E-state index in [0.717, 1.165) is 11.1 Å². The molecule has 0 fully saturated rings. The van der Waals surface area contributed by atoms with Crippen LogP contribution in [-0.4, -0.2) is 26.6 Å². The highest BCUT2D eigenvalue weighted by molar-refractivity contribution is 8.00. The predicted octanol–water partition coefficient (Wildman–Crippen LogP) is 4.74. The number of nitrogens with one attached hydrogen (secondary N) is 2. The summed E-state index contributed by atoms with van der Waals surface area (Å²) in [6, 6.07) is 16.6. The second-order valence-corrected chi connectivity index (χ2v) is 9.63. The number of thioether (sulfide) groups is 1. The molecule has 0 saturated carbocycles. The largest absolute Gasteiger partial charge is 0.326 e. The number of anilines is 2. The minimum Gasteiger partial charge on any atom is -0.326 e. The first-order valence-corrected chi connectivity index (χ1v) is 12.0. The van der Waals surface area contributed by atoms with Crippen molar-refractivity contribution in [1.82, 2.24) is 9.55 Å². The fraction of sp³-hybridized carbons (Fsp3) is 0.167. The summed E-state index contributed by atoms with van der Waals surface area (Å²) in [5, 5.41) is 8.08. The highest BCUT2D eigenvalue weighted by Gasteiger charge is 2.20. The van der Waals surface area contributed by atoms with Crippen LogP contribution in [-0.2, 0) is 16.6 Å². The Bertz CT molecular complexity index is 1380. The molecule has 0 saturated heterocycles. The Morgan fingerprint density at radius 3 is 2.30 bits per heavy atom. The summed E-state index contributed by atoms with van der Waals surface area (Å²) in [5.41, 5.74) is 2.98. The number of amides is 2. The molecule has 2 aromatic heterocycles. The second-order valence-electron chi connectivity index (χ2n) is 7.46. The highest BCUT2D eigenvalue weighted by atomic mass is 32.2. The van der Waals surface area contributed by atoms with Crippen molar-refractivity contribution in [3.63, 3.8) is 0 Å². The van der Waals surface area contributed by atoms with Crippen molar-refractivity contribution in [2.24, 2.45) is 7.05 Å². The number of aromatic nitrogens is 2. The number of rotatable bonds is 6. The lowest BCUT2D eigenvalue weighted by atomic mass is 10.1. The molecule has 2 heterocycles. The van der Waals surface area contributed by atoms with Crippen LogP contribution >= 0.6 is 23.1 Å². The molecular formula is C24H22N4O3S2. The summed E-state index contributed by atoms with van der Waals surface area (Å²) in [6.07, 6.45) is 0. The first-order valence-electron chi connectivity index (χ1n) is 10.2. The van der Waals surface area contributed by atoms with Gasteiger partial charge in [-0.25, -0.2) is 4.98 Å². The van der Waals surface area contributed by atoms with Crippen molar-refractivity contribution < 1.29 is 9.59 Å². The fourth-order valence-electron chi connectivity index (χ4n) is 3.28. The van der Waals surface area contributed by atoms with E-state index < -0.39 is 5.25 Å². The van der Waals surface area contributed by atoms with Crippen LogP contribution in [0.15, 0.2) is 69.9 Å². The summed E-state index contributed by atoms with van der Waals surface area (Å²) in [4.78, 5) is 42.3. The average molecular weight is 479 g/mol. The number of benzene rings is 2. The molecule has 0 aliphatic carbocycles. The van der Waals surface area contributed by atoms with Crippen molar-refractivity contribution >= 4 is 56.5 Å². The quantitative estimate of drug-likeness (QED) is 0.308. The zero-order valence-electron chi connectivity index (χ0n) is 18.3. The molecule has 0 radical (unpaired) electrons. The number of nitrogens with zero attached hydrogens (tertiary/aromatic N) is 2. The van der Waals surface area contributed by atoms with Gasteiger partial charge in [-0.15, -0.1) is 11.3 Å². The topological polar surface area (TPSA) is 93.1 Å². The zero-order valence-corrected chi connectivity index (χ0v) is 19.9. The maximum absolute atomic E-state index is 13.1. The molecule has 168 valence electrons. The third kappa shape index (κ3) is 4.99. The van der Waals surface area contributed by atoms with Crippen molar-refractivity contribution in [2.45, 2.75) is 24.3 Å². The van der Waals surface area contributed by atoms with E-state index in [-0.39, 0.29) is 17.4 Å². The van der Waals surface area contributed by atoms with Gasteiger partial charge in [-0.05, 0) is 36.8 Å². The highest BCUT2D eigenvalue weighted by Crippen LogP contribution is 2.32. The number of carbonyl (C=O) groups excluding carboxylic acids is 2. The van der Waals surface area contributed by atoms with Crippen LogP contribution in [0.2, 0.25) is 0 Å². The normalized spacial score (nSPS) is 11.8. The minimum absolute atomic E-state index is 0.135. The Hall–Kier alpha value is -3.43. The second kappa shape index (κ2) is 9.60. The van der Waals surface area contributed by atoms with Crippen LogP contribution < -0.4 is 16.2 Å². The van der Waals surface area contributed by atoms with E-state index in [1.807, 2.05) is 35.7 Å². The van der Waals surface area contributed by atoms with Crippen LogP contribution in [0, 0.1) is 0 Å². The standard InChI is InChI=1S/C24H22N4O3S2/c1-14(21(30)26-18-11-9-17(10-12-18)25-15(2)29)33-24-27-22-20(23(31)28(24)3)19(13-32-22)16-7-5-4-6-8-16/h4-14H,1-3H3,(H,25,29)(H,26,30). The SMILES string of the molecule is CC(=O)Nc1ccc(NC(=O)C(C)Sc2nc3scc(-c4ccccc4)c3c(=O)n2C)cc1. The maximum Gasteiger partial charge on any atom is 0.263 e. The van der Waals surface area contributed by atoms with Gasteiger partial charge in [0, 0.05) is 36.3 Å². The Kier molecular flexibility index (Phi) is 6.62. The molecule has 9 heteroatoms. The number of hydrogen-bond donors (Lipinski definition) is 2. The summed E-state index contributed by atoms with van der Waals surface area (Å²) in [6.45, 7) is 3.21. The zero-order chi connectivity index (χ0) is 23.5. The van der Waals surface area contributed by atoms with Crippen molar-refractivity contribution in [3.8, 4) is 11.1 Å². The Morgan fingerprint density at radius 1 is 1.03 bits per heavy atom. The Morgan fingerprint density at radius 2 is 1.67 bits per heavy atom. The summed E-state index contributed by atoms with van der Waals surface area (Å²) in [7, 11) is 1.68. The van der Waals surface area contributed by atoms with Crippen molar-refractivity contribution in [1.29, 1.82) is 0 Å². The van der Waals surface area contributed by atoms with Gasteiger partial charge in [0.15, 0.2) is 5.16 Å². The lowest BCUT2D eigenvalue weighted by molar-refractivity contribution is -0.115. The number of carbonyl (C=O) groups is 2. The van der Waals surface area contributed by atoms with Crippen LogP contribution in [0.3, 0.4) is 0 Å². The molecule has 0 bridgehead atoms. The number of hydrogen-bond acceptors (Lipinski definition) is 6. The van der Waals surface area contributed by atoms with E-state index in [0.29, 0.717) is 26.7 Å². The van der Waals surface area contributed by atoms with Gasteiger partial charge in [0.1, 0.15) is 4.83 Å². The van der Waals surface area contributed by atoms with Gasteiger partial charge < -0.3 is 10.6 Å². The lowest BCUT2D eigenvalue weighted by Gasteiger charge is -2.14. The molecule has 2 amide bonds. The van der Waals surface area contributed by atoms with Gasteiger partial charge in [-0.3, -0.25) is 19.0 Å². The molecule has 33 heavy (non-hydrogen) atoms. The molecule has 0 aliphatic rings. The van der Waals surface area contributed by atoms with E-state index in [1.54, 1.807) is 38.2 Å². The van der Waals surface area contributed by atoms with Gasteiger partial charge in [-0.1, -0.05) is 42.1 Å². The molecule has 1 unspecified atom stereocenters. The molecule has 7 nitrogen and oxygen atoms in total. The van der Waals surface area contributed by atoms with E-state index in [9.17, 15) is 14.4 Å². The summed E-state index contributed by atoms with van der Waals surface area (Å²) in [5.74, 6) is -0.369. The van der Waals surface area contributed by atoms with Gasteiger partial charge in [0.2, 0.25) is 11.8 Å². The van der Waals surface area contributed by atoms with Gasteiger partial charge in [0.25, 0.3) is 5.56 Å². The molecule has 4 rings (SSSR count). The maximum atomic E-state index is 13.1. The van der Waals surface area contributed by atoms with E-state index in [1.165, 1.54) is 34.6 Å². The molecule has 0 spiro atoms. The Labute approximate surface area is 198 Å². The summed E-state index contributed by atoms with van der Waals surface area (Å²) < 4.78 is 1.50. The van der Waals surface area contributed by atoms with E-state index in [4.69, 9.17) is 0 Å². The molecule has 4 aromatic rings. The smallest absolute Gasteiger partial charge is 0.263 e. The number of fused-ring (bicyclic) bond motifs is 1. The first-order chi connectivity index (χ1) is 15.8. The fourth-order valence-corrected chi connectivity index (χ4v) is 5.15. The van der Waals surface area contributed by atoms with Gasteiger partial charge in [-0.2, -0.15) is 0 Å². The van der Waals surface area contributed by atoms with E-state index in [2.05, 4.69) is 15.6 Å². The number of thiophene rings is 1. The lowest BCUT2D eigenvalue weighted by Crippen LogP contribution is -2.25. The molecule has 0 aliphatic heterocycles. The van der Waals surface area contributed by atoms with Gasteiger partial charge >= 0.3 is 0 Å². The van der Waals surface area contributed by atoms with Crippen LogP contribution in [0.5, 0.6) is 0 Å². The van der Waals surface area contributed by atoms with Gasteiger partial charge in [0.05, 0.1) is 10.6 Å².